The van der Waals surface area contributed by atoms with E-state index in [4.69, 9.17) is 0 Å². The van der Waals surface area contributed by atoms with E-state index >= 15 is 0 Å². The van der Waals surface area contributed by atoms with Gasteiger partial charge in [-0.2, -0.15) is 0 Å². The molecule has 1 fully saturated rings. The molecule has 1 aliphatic heterocycles. The van der Waals surface area contributed by atoms with Crippen LogP contribution >= 0.6 is 0 Å². The number of rotatable bonds is 1. The molecule has 0 unspecified atom stereocenters. The quantitative estimate of drug-likeness (QED) is 0.564. The van der Waals surface area contributed by atoms with Crippen molar-refractivity contribution in [2.75, 3.05) is 13.2 Å². The van der Waals surface area contributed by atoms with Crippen LogP contribution in [0.15, 0.2) is 0 Å². The number of carbonyl (C=O) groups excluding carboxylic acids is 2. The van der Waals surface area contributed by atoms with Gasteiger partial charge in [-0.1, -0.05) is 0 Å². The van der Waals surface area contributed by atoms with Crippen molar-refractivity contribution >= 4 is 12.0 Å². The molecule has 2 amide bonds. The zero-order valence-corrected chi connectivity index (χ0v) is 6.50. The third kappa shape index (κ3) is 1.69. The molecule has 0 radical (unpaired) electrons. The summed E-state index contributed by atoms with van der Waals surface area (Å²) in [5.74, 6) is -0.122. The van der Waals surface area contributed by atoms with Gasteiger partial charge in [-0.15, -0.1) is 0 Å². The second kappa shape index (κ2) is 3.37. The summed E-state index contributed by atoms with van der Waals surface area (Å²) >= 11 is 0. The zero-order chi connectivity index (χ0) is 8.27. The first-order chi connectivity index (χ1) is 5.25. The Labute approximate surface area is 65.1 Å². The fourth-order valence-electron chi connectivity index (χ4n) is 1.04. The molecule has 1 aliphatic rings. The minimum absolute atomic E-state index is 0.122. The number of nitrogens with zero attached hydrogens (tertiary/aromatic N) is 1. The van der Waals surface area contributed by atoms with E-state index in [-0.39, 0.29) is 5.91 Å². The van der Waals surface area contributed by atoms with Gasteiger partial charge in [-0.05, 0) is 13.3 Å². The third-order valence-electron chi connectivity index (χ3n) is 1.56. The molecule has 0 atom stereocenters. The highest BCUT2D eigenvalue weighted by Crippen LogP contribution is 2.10. The van der Waals surface area contributed by atoms with E-state index in [0.29, 0.717) is 19.6 Å². The van der Waals surface area contributed by atoms with Crippen LogP contribution in [0.2, 0.25) is 0 Å². The lowest BCUT2D eigenvalue weighted by atomic mass is 10.4. The summed E-state index contributed by atoms with van der Waals surface area (Å²) in [6.07, 6.45) is 0.728. The summed E-state index contributed by atoms with van der Waals surface area (Å²) in [4.78, 5) is 23.0. The minimum Gasteiger partial charge on any atom is -0.449 e. The lowest BCUT2D eigenvalue weighted by molar-refractivity contribution is -0.126. The van der Waals surface area contributed by atoms with Crippen molar-refractivity contribution < 1.29 is 14.3 Å². The molecule has 0 aromatic rings. The largest absolute Gasteiger partial charge is 0.449 e. The highest BCUT2D eigenvalue weighted by Gasteiger charge is 2.26. The molecule has 4 heteroatoms. The highest BCUT2D eigenvalue weighted by molar-refractivity contribution is 5.93. The Morgan fingerprint density at radius 1 is 1.73 bits per heavy atom. The molecule has 0 saturated carbocycles. The maximum absolute atomic E-state index is 10.9. The van der Waals surface area contributed by atoms with Gasteiger partial charge in [-0.25, -0.2) is 9.69 Å². The highest BCUT2D eigenvalue weighted by atomic mass is 16.6. The maximum Gasteiger partial charge on any atom is 0.416 e. The lowest BCUT2D eigenvalue weighted by Gasteiger charge is -2.11. The van der Waals surface area contributed by atoms with E-state index in [1.54, 1.807) is 6.92 Å². The van der Waals surface area contributed by atoms with E-state index < -0.39 is 6.09 Å². The zero-order valence-electron chi connectivity index (χ0n) is 6.50. The van der Waals surface area contributed by atoms with E-state index in [1.807, 2.05) is 0 Å². The third-order valence-corrected chi connectivity index (χ3v) is 1.56. The van der Waals surface area contributed by atoms with Crippen LogP contribution in [-0.4, -0.2) is 30.1 Å². The SMILES string of the molecule is CCOC(=O)N1CCCC1=O. The fourth-order valence-corrected chi connectivity index (χ4v) is 1.04. The molecular weight excluding hydrogens is 146 g/mol. The van der Waals surface area contributed by atoms with E-state index in [0.717, 1.165) is 11.3 Å². The Kier molecular flexibility index (Phi) is 2.46. The number of imide groups is 1. The molecule has 62 valence electrons. The number of amides is 2. The van der Waals surface area contributed by atoms with Gasteiger partial charge < -0.3 is 4.74 Å². The van der Waals surface area contributed by atoms with Crippen LogP contribution in [0, 0.1) is 0 Å². The second-order valence-electron chi connectivity index (χ2n) is 2.35. The monoisotopic (exact) mass is 157 g/mol. The predicted octanol–water partition coefficient (Wildman–Crippen LogP) is 0.765. The fraction of sp³-hybridized carbons (Fsp3) is 0.714. The van der Waals surface area contributed by atoms with Crippen molar-refractivity contribution in [3.05, 3.63) is 0 Å². The van der Waals surface area contributed by atoms with Gasteiger partial charge in [0.2, 0.25) is 5.91 Å². The van der Waals surface area contributed by atoms with Crippen LogP contribution in [0.4, 0.5) is 4.79 Å². The van der Waals surface area contributed by atoms with Crippen LogP contribution in [0.3, 0.4) is 0 Å². The van der Waals surface area contributed by atoms with Crippen molar-refractivity contribution in [1.82, 2.24) is 4.90 Å². The summed E-state index contributed by atoms with van der Waals surface area (Å²) in [5.41, 5.74) is 0. The van der Waals surface area contributed by atoms with Gasteiger partial charge in [0.05, 0.1) is 6.61 Å². The summed E-state index contributed by atoms with van der Waals surface area (Å²) < 4.78 is 4.66. The molecule has 0 spiro atoms. The first-order valence-electron chi connectivity index (χ1n) is 3.73. The molecule has 1 saturated heterocycles. The molecular formula is C7H11NO3. The number of carbonyl (C=O) groups is 2. The molecule has 1 rings (SSSR count). The van der Waals surface area contributed by atoms with Crippen molar-refractivity contribution in [3.8, 4) is 0 Å². The Hall–Kier alpha value is -1.06. The molecule has 0 aliphatic carbocycles. The Morgan fingerprint density at radius 3 is 2.91 bits per heavy atom. The predicted molar refractivity (Wildman–Crippen MR) is 38.0 cm³/mol. The van der Waals surface area contributed by atoms with E-state index in [9.17, 15) is 9.59 Å². The van der Waals surface area contributed by atoms with Crippen molar-refractivity contribution in [1.29, 1.82) is 0 Å². The average Bonchev–Trinajstić information content (AvgIpc) is 2.36. The van der Waals surface area contributed by atoms with Crippen LogP contribution in [0.25, 0.3) is 0 Å². The van der Waals surface area contributed by atoms with Crippen molar-refractivity contribution in [3.63, 3.8) is 0 Å². The minimum atomic E-state index is -0.505. The first-order valence-corrected chi connectivity index (χ1v) is 3.73. The second-order valence-corrected chi connectivity index (χ2v) is 2.35. The van der Waals surface area contributed by atoms with Gasteiger partial charge in [-0.3, -0.25) is 4.79 Å². The Bertz CT molecular complexity index is 179. The molecule has 1 heterocycles. The van der Waals surface area contributed by atoms with Crippen LogP contribution in [0.5, 0.6) is 0 Å². The number of ether oxygens (including phenoxy) is 1. The van der Waals surface area contributed by atoms with Gasteiger partial charge >= 0.3 is 6.09 Å². The van der Waals surface area contributed by atoms with Gasteiger partial charge in [0.15, 0.2) is 0 Å². The summed E-state index contributed by atoms with van der Waals surface area (Å²) in [5, 5.41) is 0. The first kappa shape index (κ1) is 8.04. The molecule has 11 heavy (non-hydrogen) atoms. The van der Waals surface area contributed by atoms with Crippen LogP contribution in [-0.2, 0) is 9.53 Å². The number of likely N-dealkylation sites (tertiary alicyclic amines) is 1. The molecule has 0 aromatic carbocycles. The van der Waals surface area contributed by atoms with Gasteiger partial charge in [0.25, 0.3) is 0 Å². The van der Waals surface area contributed by atoms with E-state index in [2.05, 4.69) is 4.74 Å². The lowest BCUT2D eigenvalue weighted by Crippen LogP contribution is -2.32. The summed E-state index contributed by atoms with van der Waals surface area (Å²) in [7, 11) is 0. The standard InChI is InChI=1S/C7H11NO3/c1-2-11-7(10)8-5-3-4-6(8)9/h2-5H2,1H3. The Morgan fingerprint density at radius 2 is 2.45 bits per heavy atom. The Balaban J connectivity index is 2.46. The number of hydrogen-bond donors (Lipinski definition) is 0. The normalized spacial score (nSPS) is 17.2. The molecule has 0 bridgehead atoms. The van der Waals surface area contributed by atoms with Crippen molar-refractivity contribution in [2.24, 2.45) is 0 Å². The maximum atomic E-state index is 10.9. The topological polar surface area (TPSA) is 46.6 Å². The average molecular weight is 157 g/mol. The summed E-state index contributed by atoms with van der Waals surface area (Å²) in [6, 6.07) is 0. The smallest absolute Gasteiger partial charge is 0.416 e. The molecule has 4 nitrogen and oxygen atoms in total. The summed E-state index contributed by atoms with van der Waals surface area (Å²) in [6.45, 7) is 2.55. The van der Waals surface area contributed by atoms with E-state index in [1.165, 1.54) is 0 Å². The van der Waals surface area contributed by atoms with Gasteiger partial charge in [0.1, 0.15) is 0 Å². The number of hydrogen-bond acceptors (Lipinski definition) is 3. The van der Waals surface area contributed by atoms with Crippen LogP contribution < -0.4 is 0 Å². The molecule has 0 N–H and O–H groups in total. The van der Waals surface area contributed by atoms with Gasteiger partial charge in [0, 0.05) is 13.0 Å². The molecule has 0 aromatic heterocycles. The van der Waals surface area contributed by atoms with Crippen molar-refractivity contribution in [2.45, 2.75) is 19.8 Å². The van der Waals surface area contributed by atoms with Crippen LogP contribution in [0.1, 0.15) is 19.8 Å².